The number of hydrogen-bond donors (Lipinski definition) is 1. The quantitative estimate of drug-likeness (QED) is 0.916. The van der Waals surface area contributed by atoms with Crippen molar-refractivity contribution in [1.29, 1.82) is 0 Å². The summed E-state index contributed by atoms with van der Waals surface area (Å²) in [7, 11) is 1.89. The number of aryl methyl sites for hydroxylation is 1. The Bertz CT molecular complexity index is 451. The molecule has 0 bridgehead atoms. The van der Waals surface area contributed by atoms with E-state index in [1.165, 1.54) is 0 Å². The number of rotatable bonds is 3. The van der Waals surface area contributed by atoms with E-state index < -0.39 is 0 Å². The van der Waals surface area contributed by atoms with Crippen LogP contribution in [-0.2, 0) is 4.74 Å². The number of hydrogen-bond acceptors (Lipinski definition) is 3. The summed E-state index contributed by atoms with van der Waals surface area (Å²) >= 11 is 6.09. The summed E-state index contributed by atoms with van der Waals surface area (Å²) in [6.07, 6.45) is -0.303. The van der Waals surface area contributed by atoms with Crippen LogP contribution in [0.4, 0.5) is 10.5 Å². The molecule has 1 saturated heterocycles. The molecular formula is C13H17ClN2O2. The minimum atomic E-state index is -0.303. The summed E-state index contributed by atoms with van der Waals surface area (Å²) in [5, 5.41) is 3.76. The van der Waals surface area contributed by atoms with Crippen molar-refractivity contribution in [1.82, 2.24) is 5.32 Å². The number of halogens is 1. The van der Waals surface area contributed by atoms with E-state index in [9.17, 15) is 4.79 Å². The number of benzene rings is 1. The number of nitrogens with one attached hydrogen (secondary N) is 1. The fraction of sp³-hybridized carbons (Fsp3) is 0.462. The first kappa shape index (κ1) is 13.2. The number of carbonyl (C=O) groups is 1. The zero-order chi connectivity index (χ0) is 13.1. The Balaban J connectivity index is 2.18. The van der Waals surface area contributed by atoms with Crippen LogP contribution in [0.1, 0.15) is 5.56 Å². The minimum Gasteiger partial charge on any atom is -0.449 e. The SMILES string of the molecule is CNCC1COC(=O)N(c2ccc(C)c(Cl)c2)C1. The molecule has 2 rings (SSSR count). The molecule has 98 valence electrons. The fourth-order valence-electron chi connectivity index (χ4n) is 2.03. The lowest BCUT2D eigenvalue weighted by atomic mass is 10.1. The number of nitrogens with zero attached hydrogens (tertiary/aromatic N) is 1. The van der Waals surface area contributed by atoms with Crippen molar-refractivity contribution in [3.8, 4) is 0 Å². The molecule has 1 aliphatic rings. The molecule has 1 aromatic rings. The first-order chi connectivity index (χ1) is 8.61. The van der Waals surface area contributed by atoms with Crippen LogP contribution >= 0.6 is 11.6 Å². The molecule has 1 aromatic carbocycles. The van der Waals surface area contributed by atoms with Gasteiger partial charge in [0.15, 0.2) is 0 Å². The molecule has 1 aliphatic heterocycles. The van der Waals surface area contributed by atoms with E-state index in [1.54, 1.807) is 11.0 Å². The molecule has 5 heteroatoms. The summed E-state index contributed by atoms with van der Waals surface area (Å²) in [4.78, 5) is 13.4. The first-order valence-electron chi connectivity index (χ1n) is 5.97. The average Bonchev–Trinajstić information content (AvgIpc) is 2.35. The average molecular weight is 269 g/mol. The number of amides is 1. The number of ether oxygens (including phenoxy) is 1. The molecule has 0 spiro atoms. The Morgan fingerprint density at radius 2 is 2.33 bits per heavy atom. The van der Waals surface area contributed by atoms with Gasteiger partial charge in [-0.15, -0.1) is 0 Å². The van der Waals surface area contributed by atoms with Gasteiger partial charge in [0.2, 0.25) is 0 Å². The van der Waals surface area contributed by atoms with Crippen molar-refractivity contribution in [3.05, 3.63) is 28.8 Å². The van der Waals surface area contributed by atoms with Crippen LogP contribution in [0, 0.1) is 12.8 Å². The maximum atomic E-state index is 11.8. The van der Waals surface area contributed by atoms with Gasteiger partial charge in [-0.25, -0.2) is 4.79 Å². The molecule has 0 aromatic heterocycles. The zero-order valence-corrected chi connectivity index (χ0v) is 11.3. The summed E-state index contributed by atoms with van der Waals surface area (Å²) in [6, 6.07) is 5.61. The molecule has 0 saturated carbocycles. The standard InChI is InChI=1S/C13H17ClN2O2/c1-9-3-4-11(5-12(9)14)16-7-10(6-15-2)8-18-13(16)17/h3-5,10,15H,6-8H2,1-2H3. The second-order valence-corrected chi connectivity index (χ2v) is 4.95. The molecule has 1 N–H and O–H groups in total. The van der Waals surface area contributed by atoms with Gasteiger partial charge >= 0.3 is 6.09 Å². The van der Waals surface area contributed by atoms with Gasteiger partial charge in [-0.2, -0.15) is 0 Å². The Morgan fingerprint density at radius 1 is 1.56 bits per heavy atom. The van der Waals surface area contributed by atoms with Gasteiger partial charge < -0.3 is 10.1 Å². The maximum Gasteiger partial charge on any atom is 0.414 e. The topological polar surface area (TPSA) is 41.6 Å². The van der Waals surface area contributed by atoms with Crippen LogP contribution in [0.15, 0.2) is 18.2 Å². The van der Waals surface area contributed by atoms with E-state index in [-0.39, 0.29) is 6.09 Å². The molecule has 1 atom stereocenters. The monoisotopic (exact) mass is 268 g/mol. The Hall–Kier alpha value is -1.26. The van der Waals surface area contributed by atoms with Crippen molar-refractivity contribution in [3.63, 3.8) is 0 Å². The predicted octanol–water partition coefficient (Wildman–Crippen LogP) is 2.44. The van der Waals surface area contributed by atoms with Gasteiger partial charge in [0.25, 0.3) is 0 Å². The number of cyclic esters (lactones) is 1. The highest BCUT2D eigenvalue weighted by atomic mass is 35.5. The molecular weight excluding hydrogens is 252 g/mol. The minimum absolute atomic E-state index is 0.299. The maximum absolute atomic E-state index is 11.8. The molecule has 1 fully saturated rings. The second kappa shape index (κ2) is 5.59. The van der Waals surface area contributed by atoms with Crippen LogP contribution in [0.2, 0.25) is 5.02 Å². The van der Waals surface area contributed by atoms with Crippen LogP contribution in [0.3, 0.4) is 0 Å². The largest absolute Gasteiger partial charge is 0.449 e. The molecule has 4 nitrogen and oxygen atoms in total. The Labute approximate surface area is 112 Å². The highest BCUT2D eigenvalue weighted by Gasteiger charge is 2.28. The summed E-state index contributed by atoms with van der Waals surface area (Å²) in [6.45, 7) is 3.88. The van der Waals surface area contributed by atoms with Crippen LogP contribution in [0.5, 0.6) is 0 Å². The lowest BCUT2D eigenvalue weighted by molar-refractivity contribution is 0.115. The lowest BCUT2D eigenvalue weighted by Gasteiger charge is -2.32. The van der Waals surface area contributed by atoms with Crippen LogP contribution in [0.25, 0.3) is 0 Å². The molecule has 0 aliphatic carbocycles. The van der Waals surface area contributed by atoms with Gasteiger partial charge in [-0.05, 0) is 31.7 Å². The highest BCUT2D eigenvalue weighted by molar-refractivity contribution is 6.31. The number of carbonyl (C=O) groups excluding carboxylic acids is 1. The Morgan fingerprint density at radius 3 is 3.00 bits per heavy atom. The van der Waals surface area contributed by atoms with Gasteiger partial charge in [0.05, 0.1) is 6.61 Å². The van der Waals surface area contributed by atoms with Crippen molar-refractivity contribution < 1.29 is 9.53 Å². The van der Waals surface area contributed by atoms with Crippen molar-refractivity contribution in [2.45, 2.75) is 6.92 Å². The molecule has 1 heterocycles. The number of anilines is 1. The summed E-state index contributed by atoms with van der Waals surface area (Å²) in [5.41, 5.74) is 1.79. The molecule has 1 unspecified atom stereocenters. The summed E-state index contributed by atoms with van der Waals surface area (Å²) in [5.74, 6) is 0.299. The first-order valence-corrected chi connectivity index (χ1v) is 6.34. The normalized spacial score (nSPS) is 19.8. The zero-order valence-electron chi connectivity index (χ0n) is 10.6. The Kier molecular flexibility index (Phi) is 4.09. The van der Waals surface area contributed by atoms with Crippen LogP contribution in [-0.4, -0.2) is 32.8 Å². The van der Waals surface area contributed by atoms with E-state index in [2.05, 4.69) is 5.32 Å². The highest BCUT2D eigenvalue weighted by Crippen LogP contribution is 2.26. The van der Waals surface area contributed by atoms with E-state index in [0.717, 1.165) is 17.8 Å². The lowest BCUT2D eigenvalue weighted by Crippen LogP contribution is -2.46. The van der Waals surface area contributed by atoms with Gasteiger partial charge in [0, 0.05) is 29.7 Å². The van der Waals surface area contributed by atoms with Gasteiger partial charge in [0.1, 0.15) is 0 Å². The van der Waals surface area contributed by atoms with Gasteiger partial charge in [-0.3, -0.25) is 4.90 Å². The van der Waals surface area contributed by atoms with Gasteiger partial charge in [-0.1, -0.05) is 17.7 Å². The third-order valence-corrected chi connectivity index (χ3v) is 3.47. The van der Waals surface area contributed by atoms with Crippen molar-refractivity contribution in [2.75, 3.05) is 31.6 Å². The fourth-order valence-corrected chi connectivity index (χ4v) is 2.20. The second-order valence-electron chi connectivity index (χ2n) is 4.54. The predicted molar refractivity (Wildman–Crippen MR) is 72.3 cm³/mol. The molecule has 18 heavy (non-hydrogen) atoms. The van der Waals surface area contributed by atoms with Crippen molar-refractivity contribution >= 4 is 23.4 Å². The van der Waals surface area contributed by atoms with Crippen molar-refractivity contribution in [2.24, 2.45) is 5.92 Å². The molecule has 0 radical (unpaired) electrons. The van der Waals surface area contributed by atoms with E-state index in [1.807, 2.05) is 26.1 Å². The third kappa shape index (κ3) is 2.76. The van der Waals surface area contributed by atoms with E-state index in [4.69, 9.17) is 16.3 Å². The van der Waals surface area contributed by atoms with E-state index in [0.29, 0.717) is 24.1 Å². The van der Waals surface area contributed by atoms with Crippen LogP contribution < -0.4 is 10.2 Å². The third-order valence-electron chi connectivity index (χ3n) is 3.06. The van der Waals surface area contributed by atoms with E-state index >= 15 is 0 Å². The smallest absolute Gasteiger partial charge is 0.414 e. The molecule has 1 amide bonds. The summed E-state index contributed by atoms with van der Waals surface area (Å²) < 4.78 is 5.18.